The van der Waals surface area contributed by atoms with Gasteiger partial charge in [-0.3, -0.25) is 0 Å². The Labute approximate surface area is 176 Å². The van der Waals surface area contributed by atoms with E-state index in [1.165, 1.54) is 22.2 Å². The molecule has 1 fully saturated rings. The van der Waals surface area contributed by atoms with Crippen LogP contribution in [0.25, 0.3) is 10.9 Å². The second-order valence-electron chi connectivity index (χ2n) is 8.29. The molecule has 3 aromatic rings. The molecule has 3 N–H and O–H groups in total. The number of thiocarbonyl (C=S) groups is 1. The highest BCUT2D eigenvalue weighted by molar-refractivity contribution is 7.80. The third kappa shape index (κ3) is 3.63. The highest BCUT2D eigenvalue weighted by Crippen LogP contribution is 2.67. The quantitative estimate of drug-likeness (QED) is 0.435. The number of halogens is 1. The number of hydrogen-bond acceptors (Lipinski definition) is 1. The maximum atomic E-state index is 5.93. The molecule has 146 valence electrons. The van der Waals surface area contributed by atoms with Gasteiger partial charge in [-0.05, 0) is 78.7 Å². The molecule has 28 heavy (non-hydrogen) atoms. The van der Waals surface area contributed by atoms with Crippen LogP contribution < -0.4 is 10.6 Å². The smallest absolute Gasteiger partial charge is 0.170 e. The average Bonchev–Trinajstić information content (AvgIpc) is 3.02. The van der Waals surface area contributed by atoms with Gasteiger partial charge in [0, 0.05) is 33.9 Å². The minimum atomic E-state index is 0.308. The molecule has 0 unspecified atom stereocenters. The topological polar surface area (TPSA) is 39.9 Å². The van der Waals surface area contributed by atoms with Crippen LogP contribution in [-0.4, -0.2) is 16.6 Å². The van der Waals surface area contributed by atoms with Crippen molar-refractivity contribution in [1.82, 2.24) is 10.3 Å². The molecule has 1 aliphatic rings. The predicted octanol–water partition coefficient (Wildman–Crippen LogP) is 6.25. The largest absolute Gasteiger partial charge is 0.362 e. The van der Waals surface area contributed by atoms with Gasteiger partial charge in [0.1, 0.15) is 0 Å². The van der Waals surface area contributed by atoms with Gasteiger partial charge in [-0.1, -0.05) is 43.6 Å². The second-order valence-corrected chi connectivity index (χ2v) is 9.14. The first kappa shape index (κ1) is 19.3. The number of hydrogen-bond donors (Lipinski definition) is 3. The van der Waals surface area contributed by atoms with Gasteiger partial charge in [-0.2, -0.15) is 0 Å². The van der Waals surface area contributed by atoms with Crippen LogP contribution >= 0.6 is 23.8 Å². The molecule has 0 amide bonds. The summed E-state index contributed by atoms with van der Waals surface area (Å²) in [4.78, 5) is 3.56. The lowest BCUT2D eigenvalue weighted by atomic mass is 10.0. The van der Waals surface area contributed by atoms with Crippen molar-refractivity contribution in [2.75, 3.05) is 11.9 Å². The Morgan fingerprint density at radius 3 is 2.61 bits per heavy atom. The fourth-order valence-corrected chi connectivity index (χ4v) is 4.95. The number of rotatable bonds is 5. The molecule has 0 spiro atoms. The van der Waals surface area contributed by atoms with Gasteiger partial charge in [0.25, 0.3) is 0 Å². The van der Waals surface area contributed by atoms with E-state index in [9.17, 15) is 0 Å². The van der Waals surface area contributed by atoms with Gasteiger partial charge < -0.3 is 15.6 Å². The summed E-state index contributed by atoms with van der Waals surface area (Å²) in [6.45, 7) is 7.83. The van der Waals surface area contributed by atoms with Crippen molar-refractivity contribution in [2.24, 2.45) is 11.3 Å². The van der Waals surface area contributed by atoms with Crippen LogP contribution in [0.3, 0.4) is 0 Å². The van der Waals surface area contributed by atoms with E-state index in [0.29, 0.717) is 22.4 Å². The van der Waals surface area contributed by atoms with Crippen LogP contribution in [0.1, 0.15) is 37.4 Å². The number of aryl methyl sites for hydroxylation is 1. The molecule has 0 bridgehead atoms. The number of benzene rings is 2. The number of H-pyrrole nitrogens is 1. The molecule has 1 heterocycles. The monoisotopic (exact) mass is 411 g/mol. The highest BCUT2D eigenvalue weighted by Gasteiger charge is 2.58. The third-order valence-electron chi connectivity index (χ3n) is 6.15. The molecule has 5 heteroatoms. The number of anilines is 1. The van der Waals surface area contributed by atoms with Crippen molar-refractivity contribution in [2.45, 2.75) is 33.1 Å². The standard InChI is InChI=1S/C23H26ClN3S/c1-14-20(17-6-4-5-7-19(17)26-14)21-18(23(21,2)3)12-13-25-22(28)27-16-10-8-15(24)9-11-16/h4-11,18,21,26H,12-13H2,1-3H3,(H2,25,27,28)/t18-,21-/m1/s1. The Kier molecular flexibility index (Phi) is 5.11. The minimum Gasteiger partial charge on any atom is -0.362 e. The number of para-hydroxylation sites is 1. The molecule has 1 aromatic heterocycles. The van der Waals surface area contributed by atoms with Crippen molar-refractivity contribution in [3.8, 4) is 0 Å². The molecule has 2 atom stereocenters. The van der Waals surface area contributed by atoms with E-state index in [1.807, 2.05) is 24.3 Å². The lowest BCUT2D eigenvalue weighted by Gasteiger charge is -2.11. The molecule has 0 aliphatic heterocycles. The van der Waals surface area contributed by atoms with Crippen molar-refractivity contribution in [3.63, 3.8) is 0 Å². The zero-order chi connectivity index (χ0) is 19.9. The average molecular weight is 412 g/mol. The van der Waals surface area contributed by atoms with Gasteiger partial charge in [-0.25, -0.2) is 0 Å². The Morgan fingerprint density at radius 1 is 1.14 bits per heavy atom. The summed E-state index contributed by atoms with van der Waals surface area (Å²) in [7, 11) is 0. The summed E-state index contributed by atoms with van der Waals surface area (Å²) in [6.07, 6.45) is 1.10. The van der Waals surface area contributed by atoms with Gasteiger partial charge in [0.15, 0.2) is 5.11 Å². The lowest BCUT2D eigenvalue weighted by molar-refractivity contribution is 0.528. The van der Waals surface area contributed by atoms with E-state index in [1.54, 1.807) is 0 Å². The Bertz CT molecular complexity index is 1010. The summed E-state index contributed by atoms with van der Waals surface area (Å²) in [5.74, 6) is 1.24. The maximum Gasteiger partial charge on any atom is 0.170 e. The van der Waals surface area contributed by atoms with Gasteiger partial charge in [-0.15, -0.1) is 0 Å². The number of aromatic nitrogens is 1. The molecule has 3 nitrogen and oxygen atoms in total. The first-order valence-electron chi connectivity index (χ1n) is 9.75. The SMILES string of the molecule is Cc1[nH]c2ccccc2c1[C@H]1[C@@H](CCNC(=S)Nc2ccc(Cl)cc2)C1(C)C. The molecule has 0 saturated heterocycles. The van der Waals surface area contributed by atoms with Gasteiger partial charge in [0.2, 0.25) is 0 Å². The number of fused-ring (bicyclic) bond motifs is 1. The Morgan fingerprint density at radius 2 is 1.86 bits per heavy atom. The zero-order valence-electron chi connectivity index (χ0n) is 16.5. The van der Waals surface area contributed by atoms with Gasteiger partial charge in [0.05, 0.1) is 0 Å². The normalized spacial score (nSPS) is 20.1. The van der Waals surface area contributed by atoms with Crippen molar-refractivity contribution >= 4 is 45.5 Å². The molecule has 4 rings (SSSR count). The first-order chi connectivity index (χ1) is 13.4. The highest BCUT2D eigenvalue weighted by atomic mass is 35.5. The van der Waals surface area contributed by atoms with Gasteiger partial charge >= 0.3 is 0 Å². The molecule has 2 aromatic carbocycles. The lowest BCUT2D eigenvalue weighted by Crippen LogP contribution is -2.29. The summed E-state index contributed by atoms with van der Waals surface area (Å²) in [5.41, 5.74) is 5.29. The third-order valence-corrected chi connectivity index (χ3v) is 6.65. The minimum absolute atomic E-state index is 0.308. The van der Waals surface area contributed by atoms with Crippen molar-refractivity contribution < 1.29 is 0 Å². The van der Waals surface area contributed by atoms with Crippen LogP contribution in [0, 0.1) is 18.3 Å². The first-order valence-corrected chi connectivity index (χ1v) is 10.5. The molecule has 1 saturated carbocycles. The Hall–Kier alpha value is -2.04. The van der Waals surface area contributed by atoms with Crippen LogP contribution in [0.5, 0.6) is 0 Å². The van der Waals surface area contributed by atoms with E-state index in [2.05, 4.69) is 60.7 Å². The van der Waals surface area contributed by atoms with Crippen LogP contribution in [-0.2, 0) is 0 Å². The van der Waals surface area contributed by atoms with Crippen LogP contribution in [0.2, 0.25) is 5.02 Å². The molecule has 0 radical (unpaired) electrons. The fraction of sp³-hybridized carbons (Fsp3) is 0.348. The maximum absolute atomic E-state index is 5.93. The van der Waals surface area contributed by atoms with E-state index in [-0.39, 0.29) is 0 Å². The van der Waals surface area contributed by atoms with E-state index in [4.69, 9.17) is 23.8 Å². The molecular weight excluding hydrogens is 386 g/mol. The van der Waals surface area contributed by atoms with Crippen molar-refractivity contribution in [1.29, 1.82) is 0 Å². The van der Waals surface area contributed by atoms with E-state index in [0.717, 1.165) is 23.7 Å². The molecular formula is C23H26ClN3S. The summed E-state index contributed by atoms with van der Waals surface area (Å²) < 4.78 is 0. The summed E-state index contributed by atoms with van der Waals surface area (Å²) in [5, 5.41) is 9.31. The van der Waals surface area contributed by atoms with E-state index < -0.39 is 0 Å². The van der Waals surface area contributed by atoms with Crippen molar-refractivity contribution in [3.05, 3.63) is 64.8 Å². The second kappa shape index (κ2) is 7.41. The zero-order valence-corrected chi connectivity index (χ0v) is 18.0. The van der Waals surface area contributed by atoms with Crippen LogP contribution in [0.15, 0.2) is 48.5 Å². The summed E-state index contributed by atoms with van der Waals surface area (Å²) in [6, 6.07) is 16.2. The van der Waals surface area contributed by atoms with Crippen LogP contribution in [0.4, 0.5) is 5.69 Å². The number of aromatic amines is 1. The fourth-order valence-electron chi connectivity index (χ4n) is 4.60. The summed E-state index contributed by atoms with van der Waals surface area (Å²) >= 11 is 11.4. The number of nitrogens with one attached hydrogen (secondary N) is 3. The molecule has 1 aliphatic carbocycles. The predicted molar refractivity (Wildman–Crippen MR) is 123 cm³/mol. The van der Waals surface area contributed by atoms with E-state index >= 15 is 0 Å². The Balaban J connectivity index is 1.37.